The molecule has 6 N–H and O–H groups in total. The standard InChI is InChI=1S/C21H22FN3O3.C19H16FN3O2.C2H6O.C2H5O.Na/c1-2-28-20(26)17-12-13-18(14-8-10-15(22)11-9-14)24-19(17)25-21(27)23-16-6-4-3-5-7-16;20-13-8-6-12(7-9-13)16-11-10-15-17(21-16)22-19(25)23(18(15)24)14-4-2-1-3-5-14;2*1-2-3;/h3-11,18,24H,2,12-13H2,1H3,(H2,23,25,27);1-9,16,21H,10-11H2,(H,22,25);3H,2H2,1H3;2H2,1H3;/q;;;-1;+1/t18-;16-;;;/m11.../s1. The molecule has 5 aromatic rings. The van der Waals surface area contributed by atoms with Gasteiger partial charge in [0.05, 0.1) is 35.5 Å². The van der Waals surface area contributed by atoms with Crippen LogP contribution in [0, 0.1) is 11.6 Å². The smallest absolute Gasteiger partial charge is 0.855 e. The average molecular weight is 835 g/mol. The minimum absolute atomic E-state index is 0. The molecule has 0 fully saturated rings. The van der Waals surface area contributed by atoms with Gasteiger partial charge in [-0.25, -0.2) is 27.7 Å². The molecule has 312 valence electrons. The van der Waals surface area contributed by atoms with Gasteiger partial charge < -0.3 is 30.9 Å². The third kappa shape index (κ3) is 14.0. The zero-order chi connectivity index (χ0) is 42.7. The van der Waals surface area contributed by atoms with Crippen molar-refractivity contribution >= 4 is 23.5 Å². The Morgan fingerprint density at radius 3 is 1.82 bits per heavy atom. The molecular weight excluding hydrogens is 786 g/mol. The third-order valence-electron chi connectivity index (χ3n) is 8.85. The van der Waals surface area contributed by atoms with E-state index >= 15 is 0 Å². The SMILES string of the molecule is CCO.CCOC(=O)C1=C(NC(=O)Nc2ccccc2)N[C@@H](c2ccc(F)cc2)CC1.CC[O-].O=c1[nH]c2c(c(=O)n1-c1ccccc1)CC[C@H](c1ccc(F)cc1)N2.[Na+]. The second-order valence-electron chi connectivity index (χ2n) is 13.0. The Labute approximate surface area is 369 Å². The Balaban J connectivity index is 0.000000280. The number of carbonyl (C=O) groups excluding carboxylic acids is 2. The van der Waals surface area contributed by atoms with Crippen molar-refractivity contribution in [3.63, 3.8) is 0 Å². The van der Waals surface area contributed by atoms with Crippen LogP contribution in [0.5, 0.6) is 0 Å². The molecule has 1 aromatic heterocycles. The first-order valence-corrected chi connectivity index (χ1v) is 19.2. The Morgan fingerprint density at radius 2 is 1.28 bits per heavy atom. The van der Waals surface area contributed by atoms with Gasteiger partial charge in [-0.15, -0.1) is 6.61 Å². The number of aromatic amines is 1. The van der Waals surface area contributed by atoms with Crippen LogP contribution >= 0.6 is 0 Å². The van der Waals surface area contributed by atoms with Gasteiger partial charge in [0.25, 0.3) is 5.56 Å². The summed E-state index contributed by atoms with van der Waals surface area (Å²) in [5.74, 6) is -0.334. The summed E-state index contributed by atoms with van der Waals surface area (Å²) in [5.41, 5.74) is 3.09. The fourth-order valence-electron chi connectivity index (χ4n) is 6.24. The van der Waals surface area contributed by atoms with Crippen molar-refractivity contribution in [2.24, 2.45) is 0 Å². The predicted molar refractivity (Wildman–Crippen MR) is 221 cm³/mol. The molecule has 0 unspecified atom stereocenters. The topological polar surface area (TPSA) is 190 Å². The summed E-state index contributed by atoms with van der Waals surface area (Å²) in [4.78, 5) is 52.7. The number of benzene rings is 4. The number of fused-ring (bicyclic) bond motifs is 1. The van der Waals surface area contributed by atoms with Crippen LogP contribution in [-0.4, -0.2) is 46.5 Å². The number of nitrogens with zero attached hydrogens (tertiary/aromatic N) is 1. The zero-order valence-electron chi connectivity index (χ0n) is 34.1. The number of anilines is 2. The average Bonchev–Trinajstić information content (AvgIpc) is 3.23. The van der Waals surface area contributed by atoms with Crippen LogP contribution < -0.4 is 67.2 Å². The van der Waals surface area contributed by atoms with Crippen LogP contribution in [0.2, 0.25) is 0 Å². The van der Waals surface area contributed by atoms with Gasteiger partial charge in [0.2, 0.25) is 0 Å². The molecule has 0 aliphatic carbocycles. The molecule has 0 radical (unpaired) electrons. The van der Waals surface area contributed by atoms with Crippen LogP contribution in [-0.2, 0) is 16.0 Å². The number of hydrogen-bond acceptors (Lipinski definition) is 9. The van der Waals surface area contributed by atoms with E-state index in [1.54, 1.807) is 81.4 Å². The number of aromatic nitrogens is 2. The van der Waals surface area contributed by atoms with Crippen LogP contribution in [0.25, 0.3) is 5.69 Å². The largest absolute Gasteiger partial charge is 1.00 e. The number of esters is 1. The van der Waals surface area contributed by atoms with E-state index in [4.69, 9.17) is 14.9 Å². The normalized spacial score (nSPS) is 14.8. The molecule has 2 atom stereocenters. The van der Waals surface area contributed by atoms with Crippen molar-refractivity contribution in [1.82, 2.24) is 20.2 Å². The van der Waals surface area contributed by atoms with Crippen LogP contribution in [0.1, 0.15) is 68.8 Å². The van der Waals surface area contributed by atoms with Crippen molar-refractivity contribution in [2.75, 3.05) is 30.5 Å². The monoisotopic (exact) mass is 834 g/mol. The molecule has 2 amide bonds. The number of carbonyl (C=O) groups is 2. The molecule has 60 heavy (non-hydrogen) atoms. The molecule has 7 rings (SSSR count). The number of ether oxygens (including phenoxy) is 1. The molecule has 16 heteroatoms. The second kappa shape index (κ2) is 25.1. The van der Waals surface area contributed by atoms with E-state index in [2.05, 4.69) is 26.3 Å². The molecule has 2 aliphatic heterocycles. The summed E-state index contributed by atoms with van der Waals surface area (Å²) in [6, 6.07) is 29.5. The van der Waals surface area contributed by atoms with E-state index in [1.807, 2.05) is 24.3 Å². The van der Waals surface area contributed by atoms with E-state index in [-0.39, 0.29) is 78.7 Å². The van der Waals surface area contributed by atoms with Crippen LogP contribution in [0.15, 0.2) is 130 Å². The number of urea groups is 1. The summed E-state index contributed by atoms with van der Waals surface area (Å²) >= 11 is 0. The summed E-state index contributed by atoms with van der Waals surface area (Å²) in [7, 11) is 0. The van der Waals surface area contributed by atoms with Crippen molar-refractivity contribution in [1.29, 1.82) is 0 Å². The minimum atomic E-state index is -0.484. The molecule has 3 heterocycles. The van der Waals surface area contributed by atoms with Gasteiger partial charge >= 0.3 is 47.2 Å². The van der Waals surface area contributed by atoms with Crippen molar-refractivity contribution in [3.8, 4) is 5.69 Å². The summed E-state index contributed by atoms with van der Waals surface area (Å²) in [6.45, 7) is 5.47. The third-order valence-corrected chi connectivity index (χ3v) is 8.85. The Kier molecular flexibility index (Phi) is 20.4. The second-order valence-corrected chi connectivity index (χ2v) is 13.0. The summed E-state index contributed by atoms with van der Waals surface area (Å²) in [5, 5.41) is 28.3. The number of aliphatic hydroxyl groups is 1. The van der Waals surface area contributed by atoms with Gasteiger partial charge in [-0.05, 0) is 99.2 Å². The number of hydrogen-bond donors (Lipinski definition) is 6. The quantitative estimate of drug-likeness (QED) is 0.106. The van der Waals surface area contributed by atoms with Gasteiger partial charge in [-0.3, -0.25) is 15.1 Å². The fourth-order valence-corrected chi connectivity index (χ4v) is 6.24. The fraction of sp³-hybridized carbons (Fsp3) is 0.273. The molecular formula is C44H49F2N6NaO7. The van der Waals surface area contributed by atoms with E-state index in [9.17, 15) is 28.0 Å². The minimum Gasteiger partial charge on any atom is -0.855 e. The van der Waals surface area contributed by atoms with Crippen molar-refractivity contribution in [3.05, 3.63) is 170 Å². The van der Waals surface area contributed by atoms with Gasteiger partial charge in [-0.1, -0.05) is 67.6 Å². The predicted octanol–water partition coefficient (Wildman–Crippen LogP) is 2.98. The van der Waals surface area contributed by atoms with Crippen molar-refractivity contribution in [2.45, 2.75) is 58.5 Å². The molecule has 0 bridgehead atoms. The van der Waals surface area contributed by atoms with Crippen LogP contribution in [0.4, 0.5) is 25.1 Å². The maximum atomic E-state index is 13.2. The number of aliphatic hydroxyl groups excluding tert-OH is 1. The first kappa shape index (κ1) is 48.8. The van der Waals surface area contributed by atoms with E-state index in [0.29, 0.717) is 59.8 Å². The van der Waals surface area contributed by atoms with Crippen LogP contribution in [0.3, 0.4) is 0 Å². The molecule has 0 saturated heterocycles. The zero-order valence-corrected chi connectivity index (χ0v) is 36.1. The number of rotatable bonds is 7. The first-order chi connectivity index (χ1) is 28.5. The maximum Gasteiger partial charge on any atom is 1.00 e. The first-order valence-electron chi connectivity index (χ1n) is 19.2. The summed E-state index contributed by atoms with van der Waals surface area (Å²) in [6.07, 6.45) is 2.27. The van der Waals surface area contributed by atoms with Gasteiger partial charge in [0.1, 0.15) is 23.3 Å². The summed E-state index contributed by atoms with van der Waals surface area (Å²) < 4.78 is 32.6. The van der Waals surface area contributed by atoms with E-state index < -0.39 is 17.7 Å². The maximum absolute atomic E-state index is 13.2. The van der Waals surface area contributed by atoms with Crippen molar-refractivity contribution < 1.29 is 62.9 Å². The number of para-hydroxylation sites is 2. The number of halogens is 2. The molecule has 0 saturated carbocycles. The molecule has 2 aliphatic rings. The van der Waals surface area contributed by atoms with Gasteiger partial charge in [-0.2, -0.15) is 0 Å². The Hall–Kier alpha value is -5.58. The van der Waals surface area contributed by atoms with E-state index in [1.165, 1.54) is 24.3 Å². The van der Waals surface area contributed by atoms with E-state index in [0.717, 1.165) is 15.7 Å². The molecule has 4 aromatic carbocycles. The number of nitrogens with one attached hydrogen (secondary N) is 5. The Morgan fingerprint density at radius 1 is 0.783 bits per heavy atom. The van der Waals surface area contributed by atoms with Gasteiger partial charge in [0.15, 0.2) is 0 Å². The molecule has 13 nitrogen and oxygen atoms in total. The number of amides is 2. The van der Waals surface area contributed by atoms with Gasteiger partial charge in [0, 0.05) is 12.3 Å². The number of H-pyrrole nitrogens is 1. The molecule has 0 spiro atoms. The Bertz CT molecular complexity index is 2250.